The Morgan fingerprint density at radius 3 is 2.40 bits per heavy atom. The van der Waals surface area contributed by atoms with E-state index in [-0.39, 0.29) is 11.6 Å². The second-order valence-electron chi connectivity index (χ2n) is 6.02. The fourth-order valence-electron chi connectivity index (χ4n) is 2.38. The number of carbonyl (C=O) groups excluding carboxylic acids is 2. The molecule has 0 fully saturated rings. The van der Waals surface area contributed by atoms with Crippen LogP contribution in [0.1, 0.15) is 30.8 Å². The molecule has 2 aromatic rings. The van der Waals surface area contributed by atoms with Gasteiger partial charge in [0.15, 0.2) is 5.69 Å². The van der Waals surface area contributed by atoms with Crippen molar-refractivity contribution in [2.75, 3.05) is 14.2 Å². The van der Waals surface area contributed by atoms with Crippen LogP contribution in [0.25, 0.3) is 5.69 Å². The topological polar surface area (TPSA) is 82.5 Å². The molecule has 1 atom stereocenters. The summed E-state index contributed by atoms with van der Waals surface area (Å²) in [4.78, 5) is 24.2. The number of methoxy groups -OCH3 is 2. The second-order valence-corrected chi connectivity index (χ2v) is 6.02. The molecule has 0 aliphatic heterocycles. The number of hydrogen-bond donors (Lipinski definition) is 1. The molecular formula is C18H23N3O4. The maximum absolute atomic E-state index is 12.4. The minimum atomic E-state index is -0.691. The van der Waals surface area contributed by atoms with Crippen molar-refractivity contribution in [1.29, 1.82) is 0 Å². The lowest BCUT2D eigenvalue weighted by Crippen LogP contribution is -2.42. The van der Waals surface area contributed by atoms with Gasteiger partial charge in [0.2, 0.25) is 0 Å². The van der Waals surface area contributed by atoms with E-state index in [2.05, 4.69) is 10.4 Å². The Morgan fingerprint density at radius 1 is 1.16 bits per heavy atom. The van der Waals surface area contributed by atoms with Crippen LogP contribution in [0, 0.1) is 5.92 Å². The molecule has 0 radical (unpaired) electrons. The van der Waals surface area contributed by atoms with Crippen molar-refractivity contribution in [1.82, 2.24) is 15.1 Å². The lowest BCUT2D eigenvalue weighted by atomic mass is 10.0. The Bertz CT molecular complexity index is 722. The molecule has 1 heterocycles. The highest BCUT2D eigenvalue weighted by Crippen LogP contribution is 2.15. The van der Waals surface area contributed by atoms with Gasteiger partial charge in [-0.3, -0.25) is 4.79 Å². The molecule has 0 spiro atoms. The van der Waals surface area contributed by atoms with E-state index < -0.39 is 17.9 Å². The first-order valence-corrected chi connectivity index (χ1v) is 8.03. The van der Waals surface area contributed by atoms with E-state index in [0.717, 1.165) is 11.4 Å². The number of nitrogens with zero attached hydrogens (tertiary/aromatic N) is 2. The van der Waals surface area contributed by atoms with E-state index in [9.17, 15) is 9.59 Å². The quantitative estimate of drug-likeness (QED) is 0.778. The minimum absolute atomic E-state index is 0.230. The van der Waals surface area contributed by atoms with Crippen LogP contribution < -0.4 is 10.1 Å². The van der Waals surface area contributed by atoms with Crippen molar-refractivity contribution in [3.05, 3.63) is 42.2 Å². The fourth-order valence-corrected chi connectivity index (χ4v) is 2.38. The zero-order chi connectivity index (χ0) is 18.4. The molecule has 0 unspecified atom stereocenters. The lowest BCUT2D eigenvalue weighted by Gasteiger charge is -2.17. The van der Waals surface area contributed by atoms with Crippen LogP contribution in [-0.2, 0) is 9.53 Å². The van der Waals surface area contributed by atoms with Crippen LogP contribution in [0.15, 0.2) is 36.5 Å². The third-order valence-electron chi connectivity index (χ3n) is 3.66. The first-order chi connectivity index (χ1) is 11.9. The number of rotatable bonds is 7. The largest absolute Gasteiger partial charge is 0.497 e. The molecule has 1 aromatic carbocycles. The van der Waals surface area contributed by atoms with Crippen LogP contribution in [-0.4, -0.2) is 41.9 Å². The highest BCUT2D eigenvalue weighted by molar-refractivity contribution is 5.95. The van der Waals surface area contributed by atoms with Gasteiger partial charge in [0, 0.05) is 6.20 Å². The summed E-state index contributed by atoms with van der Waals surface area (Å²) in [6.07, 6.45) is 2.18. The summed E-state index contributed by atoms with van der Waals surface area (Å²) < 4.78 is 11.5. The van der Waals surface area contributed by atoms with E-state index in [0.29, 0.717) is 6.42 Å². The van der Waals surface area contributed by atoms with Crippen molar-refractivity contribution in [3.63, 3.8) is 0 Å². The Kier molecular flexibility index (Phi) is 6.16. The summed E-state index contributed by atoms with van der Waals surface area (Å²) >= 11 is 0. The van der Waals surface area contributed by atoms with Crippen LogP contribution in [0.3, 0.4) is 0 Å². The van der Waals surface area contributed by atoms with Crippen molar-refractivity contribution in [3.8, 4) is 11.4 Å². The van der Waals surface area contributed by atoms with Gasteiger partial charge < -0.3 is 14.8 Å². The number of amides is 1. The van der Waals surface area contributed by atoms with Gasteiger partial charge in [0.1, 0.15) is 11.8 Å². The van der Waals surface area contributed by atoms with Gasteiger partial charge in [-0.15, -0.1) is 0 Å². The molecule has 7 nitrogen and oxygen atoms in total. The summed E-state index contributed by atoms with van der Waals surface area (Å²) in [6.45, 7) is 3.95. The highest BCUT2D eigenvalue weighted by Gasteiger charge is 2.24. The van der Waals surface area contributed by atoms with E-state index in [1.165, 1.54) is 7.11 Å². The van der Waals surface area contributed by atoms with Gasteiger partial charge in [-0.2, -0.15) is 5.10 Å². The third kappa shape index (κ3) is 4.82. The molecule has 1 aromatic heterocycles. The van der Waals surface area contributed by atoms with E-state index in [1.807, 2.05) is 38.1 Å². The summed E-state index contributed by atoms with van der Waals surface area (Å²) in [5.74, 6) is 0.102. The molecule has 0 saturated carbocycles. The van der Waals surface area contributed by atoms with Gasteiger partial charge in [0.05, 0.1) is 19.9 Å². The highest BCUT2D eigenvalue weighted by atomic mass is 16.5. The molecule has 0 bridgehead atoms. The maximum atomic E-state index is 12.4. The third-order valence-corrected chi connectivity index (χ3v) is 3.66. The summed E-state index contributed by atoms with van der Waals surface area (Å²) in [5, 5.41) is 6.95. The first kappa shape index (κ1) is 18.5. The fraction of sp³-hybridized carbons (Fsp3) is 0.389. The van der Waals surface area contributed by atoms with Crippen LogP contribution in [0.4, 0.5) is 0 Å². The van der Waals surface area contributed by atoms with Crippen LogP contribution in [0.2, 0.25) is 0 Å². The molecular weight excluding hydrogens is 322 g/mol. The van der Waals surface area contributed by atoms with Gasteiger partial charge in [-0.05, 0) is 42.7 Å². The van der Waals surface area contributed by atoms with Crippen molar-refractivity contribution < 1.29 is 19.1 Å². The van der Waals surface area contributed by atoms with Crippen LogP contribution >= 0.6 is 0 Å². The van der Waals surface area contributed by atoms with Crippen molar-refractivity contribution in [2.45, 2.75) is 26.3 Å². The van der Waals surface area contributed by atoms with Crippen molar-refractivity contribution >= 4 is 11.9 Å². The van der Waals surface area contributed by atoms with E-state index >= 15 is 0 Å². The second kappa shape index (κ2) is 8.32. The number of nitrogens with one attached hydrogen (secondary N) is 1. The molecule has 2 rings (SSSR count). The van der Waals surface area contributed by atoms with Gasteiger partial charge in [-0.1, -0.05) is 13.8 Å². The number of hydrogen-bond acceptors (Lipinski definition) is 5. The Balaban J connectivity index is 2.11. The molecule has 0 saturated heterocycles. The van der Waals surface area contributed by atoms with Gasteiger partial charge in [-0.25, -0.2) is 9.48 Å². The normalized spacial score (nSPS) is 11.9. The number of aromatic nitrogens is 2. The molecule has 0 aliphatic carbocycles. The predicted octanol–water partition coefficient (Wildman–Crippen LogP) is 2.20. The number of carbonyl (C=O) groups is 2. The zero-order valence-corrected chi connectivity index (χ0v) is 14.9. The number of benzene rings is 1. The molecule has 134 valence electrons. The van der Waals surface area contributed by atoms with Crippen LogP contribution in [0.5, 0.6) is 5.75 Å². The van der Waals surface area contributed by atoms with Crippen molar-refractivity contribution in [2.24, 2.45) is 5.92 Å². The first-order valence-electron chi connectivity index (χ1n) is 8.03. The zero-order valence-electron chi connectivity index (χ0n) is 14.9. The molecule has 25 heavy (non-hydrogen) atoms. The predicted molar refractivity (Wildman–Crippen MR) is 92.8 cm³/mol. The smallest absolute Gasteiger partial charge is 0.328 e. The number of esters is 1. The number of ether oxygens (including phenoxy) is 2. The summed E-state index contributed by atoms with van der Waals surface area (Å²) in [7, 11) is 2.90. The Morgan fingerprint density at radius 2 is 1.84 bits per heavy atom. The minimum Gasteiger partial charge on any atom is -0.497 e. The molecule has 0 aliphatic rings. The SMILES string of the molecule is COC(=O)[C@H](CC(C)C)NC(=O)c1ccn(-c2ccc(OC)cc2)n1. The molecule has 1 N–H and O–H groups in total. The summed E-state index contributed by atoms with van der Waals surface area (Å²) in [6, 6.07) is 8.21. The van der Waals surface area contributed by atoms with Gasteiger partial charge in [0.25, 0.3) is 5.91 Å². The lowest BCUT2D eigenvalue weighted by molar-refractivity contribution is -0.143. The van der Waals surface area contributed by atoms with Gasteiger partial charge >= 0.3 is 5.97 Å². The molecule has 7 heteroatoms. The Labute approximate surface area is 146 Å². The maximum Gasteiger partial charge on any atom is 0.328 e. The van der Waals surface area contributed by atoms with E-state index in [4.69, 9.17) is 9.47 Å². The average molecular weight is 345 g/mol. The average Bonchev–Trinajstić information content (AvgIpc) is 3.10. The monoisotopic (exact) mass is 345 g/mol. The Hall–Kier alpha value is -2.83. The summed E-state index contributed by atoms with van der Waals surface area (Å²) in [5.41, 5.74) is 1.03. The van der Waals surface area contributed by atoms with E-state index in [1.54, 1.807) is 24.1 Å². The molecule has 1 amide bonds. The standard InChI is InChI=1S/C18H23N3O4/c1-12(2)11-16(18(23)25-4)19-17(22)15-9-10-21(20-15)13-5-7-14(24-3)8-6-13/h5-10,12,16H,11H2,1-4H3,(H,19,22)/t16-/m0/s1.